The maximum atomic E-state index is 12.2. The molecule has 0 radical (unpaired) electrons. The minimum atomic E-state index is -3.60. The highest BCUT2D eigenvalue weighted by Crippen LogP contribution is 2.26. The van der Waals surface area contributed by atoms with E-state index in [4.69, 9.17) is 9.47 Å². The van der Waals surface area contributed by atoms with Gasteiger partial charge in [-0.2, -0.15) is 0 Å². The number of benzene rings is 1. The van der Waals surface area contributed by atoms with Gasteiger partial charge in [0.1, 0.15) is 10.6 Å². The van der Waals surface area contributed by atoms with E-state index in [0.29, 0.717) is 23.4 Å². The molecule has 0 spiro atoms. The minimum Gasteiger partial charge on any atom is -0.495 e. The van der Waals surface area contributed by atoms with Crippen molar-refractivity contribution in [1.82, 2.24) is 4.72 Å². The second kappa shape index (κ2) is 8.61. The molecule has 1 N–H and O–H groups in total. The molecule has 0 aliphatic carbocycles. The number of methoxy groups -OCH3 is 1. The van der Waals surface area contributed by atoms with Gasteiger partial charge in [0, 0.05) is 17.6 Å². The highest BCUT2D eigenvalue weighted by molar-refractivity contribution is 9.10. The molecule has 1 aromatic rings. The van der Waals surface area contributed by atoms with Crippen molar-refractivity contribution in [3.63, 3.8) is 0 Å². The third-order valence-corrected chi connectivity index (χ3v) is 4.57. The van der Waals surface area contributed by atoms with Crippen molar-refractivity contribution in [3.8, 4) is 5.75 Å². The topological polar surface area (TPSA) is 64.6 Å². The summed E-state index contributed by atoms with van der Waals surface area (Å²) in [6, 6.07) is 4.85. The molecule has 5 nitrogen and oxygen atoms in total. The van der Waals surface area contributed by atoms with E-state index in [0.717, 1.165) is 12.8 Å². The lowest BCUT2D eigenvalue weighted by molar-refractivity contribution is 0.136. The zero-order valence-corrected chi connectivity index (χ0v) is 14.1. The van der Waals surface area contributed by atoms with Crippen LogP contribution in [0.4, 0.5) is 0 Å². The predicted octanol–water partition coefficient (Wildman–Crippen LogP) is 2.55. The van der Waals surface area contributed by atoms with E-state index >= 15 is 0 Å². The van der Waals surface area contributed by atoms with Gasteiger partial charge in [0.05, 0.1) is 13.7 Å². The number of unbranched alkanes of at least 4 members (excludes halogenated alkanes) is 1. The number of hydrogen-bond donors (Lipinski definition) is 1. The normalized spacial score (nSPS) is 11.6. The Labute approximate surface area is 128 Å². The van der Waals surface area contributed by atoms with Gasteiger partial charge in [-0.05, 0) is 24.6 Å². The quantitative estimate of drug-likeness (QED) is 0.683. The smallest absolute Gasteiger partial charge is 0.244 e. The lowest BCUT2D eigenvalue weighted by Gasteiger charge is -2.11. The van der Waals surface area contributed by atoms with Crippen LogP contribution >= 0.6 is 15.9 Å². The zero-order valence-electron chi connectivity index (χ0n) is 11.7. The van der Waals surface area contributed by atoms with Gasteiger partial charge in [-0.15, -0.1) is 0 Å². The van der Waals surface area contributed by atoms with Crippen molar-refractivity contribution < 1.29 is 17.9 Å². The molecule has 114 valence electrons. The van der Waals surface area contributed by atoms with Crippen molar-refractivity contribution >= 4 is 26.0 Å². The molecule has 0 aromatic heterocycles. The Morgan fingerprint density at radius 3 is 2.70 bits per heavy atom. The fourth-order valence-corrected chi connectivity index (χ4v) is 3.25. The predicted molar refractivity (Wildman–Crippen MR) is 81.6 cm³/mol. The second-order valence-corrected chi connectivity index (χ2v) is 6.81. The number of sulfonamides is 1. The molecular formula is C13H20BrNO4S. The van der Waals surface area contributed by atoms with Crippen LogP contribution in [0.3, 0.4) is 0 Å². The highest BCUT2D eigenvalue weighted by Gasteiger charge is 2.19. The van der Waals surface area contributed by atoms with Crippen LogP contribution in [0.2, 0.25) is 0 Å². The van der Waals surface area contributed by atoms with Gasteiger partial charge in [0.2, 0.25) is 10.0 Å². The molecule has 0 aliphatic rings. The number of rotatable bonds is 9. The van der Waals surface area contributed by atoms with Crippen LogP contribution in [0.25, 0.3) is 0 Å². The fourth-order valence-electron chi connectivity index (χ4n) is 1.53. The summed E-state index contributed by atoms with van der Waals surface area (Å²) >= 11 is 3.26. The number of hydrogen-bond acceptors (Lipinski definition) is 4. The molecule has 1 rings (SSSR count). The van der Waals surface area contributed by atoms with Crippen molar-refractivity contribution in [2.75, 3.05) is 26.9 Å². The van der Waals surface area contributed by atoms with Crippen molar-refractivity contribution in [2.45, 2.75) is 24.7 Å². The third kappa shape index (κ3) is 5.40. The van der Waals surface area contributed by atoms with E-state index in [1.54, 1.807) is 12.1 Å². The molecule has 0 aliphatic heterocycles. The lowest BCUT2D eigenvalue weighted by atomic mass is 10.3. The van der Waals surface area contributed by atoms with Crippen molar-refractivity contribution in [2.24, 2.45) is 0 Å². The first-order valence-corrected chi connectivity index (χ1v) is 8.70. The monoisotopic (exact) mass is 365 g/mol. The standard InChI is InChI=1S/C13H20BrNO4S/c1-3-4-8-19-9-7-15-20(16,17)13-10-11(14)5-6-12(13)18-2/h5-6,10,15H,3-4,7-9H2,1-2H3. The summed E-state index contributed by atoms with van der Waals surface area (Å²) in [6.07, 6.45) is 2.03. The molecule has 0 amide bonds. The average Bonchev–Trinajstić information content (AvgIpc) is 2.42. The SMILES string of the molecule is CCCCOCCNS(=O)(=O)c1cc(Br)ccc1OC. The Balaban J connectivity index is 2.62. The van der Waals surface area contributed by atoms with E-state index < -0.39 is 10.0 Å². The molecule has 20 heavy (non-hydrogen) atoms. The molecule has 7 heteroatoms. The fraction of sp³-hybridized carbons (Fsp3) is 0.538. The Hall–Kier alpha value is -0.630. The van der Waals surface area contributed by atoms with E-state index in [-0.39, 0.29) is 11.4 Å². The minimum absolute atomic E-state index is 0.114. The maximum Gasteiger partial charge on any atom is 0.244 e. The summed E-state index contributed by atoms with van der Waals surface area (Å²) in [5.74, 6) is 0.313. The summed E-state index contributed by atoms with van der Waals surface area (Å²) < 4.78 is 37.9. The first-order valence-electron chi connectivity index (χ1n) is 6.42. The Morgan fingerprint density at radius 2 is 2.05 bits per heavy atom. The van der Waals surface area contributed by atoms with Gasteiger partial charge >= 0.3 is 0 Å². The average molecular weight is 366 g/mol. The number of ether oxygens (including phenoxy) is 2. The number of nitrogens with one attached hydrogen (secondary N) is 1. The molecular weight excluding hydrogens is 346 g/mol. The Bertz CT molecular complexity index is 519. The van der Waals surface area contributed by atoms with Crippen LogP contribution in [0, 0.1) is 0 Å². The Kier molecular flexibility index (Phi) is 7.50. The summed E-state index contributed by atoms with van der Waals surface area (Å²) in [4.78, 5) is 0.114. The van der Waals surface area contributed by atoms with Crippen LogP contribution in [0.5, 0.6) is 5.75 Å². The summed E-state index contributed by atoms with van der Waals surface area (Å²) in [7, 11) is -2.16. The van der Waals surface area contributed by atoms with Gasteiger partial charge in [-0.1, -0.05) is 29.3 Å². The van der Waals surface area contributed by atoms with Crippen LogP contribution in [-0.2, 0) is 14.8 Å². The first kappa shape index (κ1) is 17.4. The molecule has 0 saturated carbocycles. The highest BCUT2D eigenvalue weighted by atomic mass is 79.9. The van der Waals surface area contributed by atoms with E-state index in [1.165, 1.54) is 13.2 Å². The van der Waals surface area contributed by atoms with Crippen molar-refractivity contribution in [3.05, 3.63) is 22.7 Å². The molecule has 0 atom stereocenters. The van der Waals surface area contributed by atoms with Crippen molar-refractivity contribution in [1.29, 1.82) is 0 Å². The largest absolute Gasteiger partial charge is 0.495 e. The van der Waals surface area contributed by atoms with E-state index in [9.17, 15) is 8.42 Å². The molecule has 0 heterocycles. The van der Waals surface area contributed by atoms with Gasteiger partial charge < -0.3 is 9.47 Å². The molecule has 0 bridgehead atoms. The van der Waals surface area contributed by atoms with Crippen LogP contribution in [-0.4, -0.2) is 35.3 Å². The summed E-state index contributed by atoms with van der Waals surface area (Å²) in [5.41, 5.74) is 0. The third-order valence-electron chi connectivity index (χ3n) is 2.60. The first-order chi connectivity index (χ1) is 9.51. The van der Waals surface area contributed by atoms with Gasteiger partial charge in [-0.25, -0.2) is 13.1 Å². The van der Waals surface area contributed by atoms with Gasteiger partial charge in [0.25, 0.3) is 0 Å². The second-order valence-electron chi connectivity index (χ2n) is 4.16. The zero-order chi connectivity index (χ0) is 15.0. The van der Waals surface area contributed by atoms with Crippen LogP contribution < -0.4 is 9.46 Å². The van der Waals surface area contributed by atoms with Gasteiger partial charge in [0.15, 0.2) is 0 Å². The number of halogens is 1. The van der Waals surface area contributed by atoms with E-state index in [1.807, 2.05) is 0 Å². The van der Waals surface area contributed by atoms with Crippen LogP contribution in [0.15, 0.2) is 27.6 Å². The molecule has 0 saturated heterocycles. The van der Waals surface area contributed by atoms with E-state index in [2.05, 4.69) is 27.6 Å². The molecule has 0 fully saturated rings. The summed E-state index contributed by atoms with van der Waals surface area (Å²) in [6.45, 7) is 3.32. The maximum absolute atomic E-state index is 12.2. The lowest BCUT2D eigenvalue weighted by Crippen LogP contribution is -2.28. The molecule has 1 aromatic carbocycles. The van der Waals surface area contributed by atoms with Gasteiger partial charge in [-0.3, -0.25) is 0 Å². The van der Waals surface area contributed by atoms with Crippen LogP contribution in [0.1, 0.15) is 19.8 Å². The Morgan fingerprint density at radius 1 is 1.30 bits per heavy atom. The summed E-state index contributed by atoms with van der Waals surface area (Å²) in [5, 5.41) is 0. The molecule has 0 unspecified atom stereocenters.